The molecule has 39 heavy (non-hydrogen) atoms. The number of amides is 1. The van der Waals surface area contributed by atoms with Crippen molar-refractivity contribution in [2.24, 2.45) is 5.10 Å². The number of aromatic nitrogens is 2. The fourth-order valence-electron chi connectivity index (χ4n) is 3.82. The van der Waals surface area contributed by atoms with Crippen LogP contribution in [0.5, 0.6) is 23.0 Å². The molecule has 0 fully saturated rings. The highest BCUT2D eigenvalue weighted by atomic mass is 16.6. The van der Waals surface area contributed by atoms with Gasteiger partial charge in [0.2, 0.25) is 5.75 Å². The molecule has 0 saturated carbocycles. The summed E-state index contributed by atoms with van der Waals surface area (Å²) in [4.78, 5) is 23.9. The van der Waals surface area contributed by atoms with Crippen LogP contribution in [-0.4, -0.2) is 49.1 Å². The van der Waals surface area contributed by atoms with E-state index in [0.29, 0.717) is 17.9 Å². The molecule has 0 atom stereocenters. The third-order valence-electron chi connectivity index (χ3n) is 5.85. The summed E-state index contributed by atoms with van der Waals surface area (Å²) >= 11 is 0. The molecule has 208 valence electrons. The maximum absolute atomic E-state index is 12.6. The van der Waals surface area contributed by atoms with E-state index >= 15 is 0 Å². The Bertz CT molecular complexity index is 1230. The zero-order chi connectivity index (χ0) is 28.0. The second kappa shape index (κ2) is 15.2. The maximum Gasteiger partial charge on any atom is 0.308 e. The van der Waals surface area contributed by atoms with E-state index in [1.165, 1.54) is 59.5 Å². The Labute approximate surface area is 228 Å². The number of rotatable bonds is 15. The summed E-state index contributed by atoms with van der Waals surface area (Å²) in [5.74, 6) is 0.579. The number of benzene rings is 2. The molecule has 0 aliphatic heterocycles. The van der Waals surface area contributed by atoms with E-state index in [1.807, 2.05) is 24.3 Å². The minimum Gasteiger partial charge on any atom is -0.494 e. The Morgan fingerprint density at radius 1 is 0.974 bits per heavy atom. The molecule has 10 nitrogen and oxygen atoms in total. The molecule has 0 aliphatic rings. The lowest BCUT2D eigenvalue weighted by Gasteiger charge is -2.13. The van der Waals surface area contributed by atoms with Crippen LogP contribution < -0.4 is 24.4 Å². The van der Waals surface area contributed by atoms with Gasteiger partial charge in [0.1, 0.15) is 11.4 Å². The molecule has 0 spiro atoms. The van der Waals surface area contributed by atoms with Gasteiger partial charge < -0.3 is 18.9 Å². The highest BCUT2D eigenvalue weighted by molar-refractivity contribution is 5.94. The minimum atomic E-state index is -0.507. The summed E-state index contributed by atoms with van der Waals surface area (Å²) in [5, 5.41) is 11.0. The van der Waals surface area contributed by atoms with Crippen molar-refractivity contribution in [2.45, 2.75) is 52.4 Å². The lowest BCUT2D eigenvalue weighted by molar-refractivity contribution is -0.132. The Balaban J connectivity index is 1.54. The predicted octanol–water partition coefficient (Wildman–Crippen LogP) is 5.52. The first kappa shape index (κ1) is 29.2. The van der Waals surface area contributed by atoms with E-state index in [2.05, 4.69) is 27.6 Å². The molecular weight excluding hydrogens is 500 g/mol. The zero-order valence-electron chi connectivity index (χ0n) is 22.9. The summed E-state index contributed by atoms with van der Waals surface area (Å²) in [7, 11) is 2.88. The first-order chi connectivity index (χ1) is 18.9. The number of esters is 1. The van der Waals surface area contributed by atoms with Gasteiger partial charge in [0.15, 0.2) is 11.5 Å². The quantitative estimate of drug-likeness (QED) is 0.0861. The van der Waals surface area contributed by atoms with Crippen LogP contribution in [0, 0.1) is 0 Å². The van der Waals surface area contributed by atoms with Crippen molar-refractivity contribution in [1.29, 1.82) is 0 Å². The van der Waals surface area contributed by atoms with Gasteiger partial charge in [-0.3, -0.25) is 14.7 Å². The van der Waals surface area contributed by atoms with Crippen molar-refractivity contribution >= 4 is 18.1 Å². The number of unbranched alkanes of at least 4 members (excludes halogenated alkanes) is 5. The molecule has 3 rings (SSSR count). The molecule has 1 aromatic heterocycles. The van der Waals surface area contributed by atoms with Crippen LogP contribution in [0.15, 0.2) is 47.6 Å². The number of hydrazone groups is 1. The van der Waals surface area contributed by atoms with Gasteiger partial charge in [-0.15, -0.1) is 0 Å². The second-order valence-electron chi connectivity index (χ2n) is 8.85. The largest absolute Gasteiger partial charge is 0.494 e. The Hall–Kier alpha value is -4.34. The molecule has 1 heterocycles. The van der Waals surface area contributed by atoms with Crippen molar-refractivity contribution < 1.29 is 28.5 Å². The van der Waals surface area contributed by atoms with Crippen LogP contribution >= 0.6 is 0 Å². The zero-order valence-corrected chi connectivity index (χ0v) is 22.9. The van der Waals surface area contributed by atoms with E-state index in [0.717, 1.165) is 17.7 Å². The number of hydrogen-bond donors (Lipinski definition) is 2. The van der Waals surface area contributed by atoms with Gasteiger partial charge in [-0.05, 0) is 48.9 Å². The summed E-state index contributed by atoms with van der Waals surface area (Å²) in [6.07, 6.45) is 8.75. The smallest absolute Gasteiger partial charge is 0.308 e. The number of nitrogens with zero attached hydrogens (tertiary/aromatic N) is 2. The van der Waals surface area contributed by atoms with Crippen molar-refractivity contribution in [3.05, 3.63) is 53.7 Å². The molecule has 0 unspecified atom stereocenters. The summed E-state index contributed by atoms with van der Waals surface area (Å²) < 4.78 is 21.6. The summed E-state index contributed by atoms with van der Waals surface area (Å²) in [6.45, 7) is 4.20. The SMILES string of the molecule is CCCCCCCCOc1ccc(-c2cc(C(=O)NN=Cc3cc(OC)c(OC(C)=O)c(OC)c3)[nH]n2)cc1. The van der Waals surface area contributed by atoms with Gasteiger partial charge in [0.25, 0.3) is 5.91 Å². The fraction of sp³-hybridized carbons (Fsp3) is 0.379. The summed E-state index contributed by atoms with van der Waals surface area (Å²) in [5.41, 5.74) is 4.76. The third kappa shape index (κ3) is 8.87. The highest BCUT2D eigenvalue weighted by Crippen LogP contribution is 2.38. The van der Waals surface area contributed by atoms with Gasteiger partial charge in [-0.25, -0.2) is 5.43 Å². The van der Waals surface area contributed by atoms with Gasteiger partial charge in [-0.1, -0.05) is 39.0 Å². The van der Waals surface area contributed by atoms with Crippen molar-refractivity contribution in [2.75, 3.05) is 20.8 Å². The minimum absolute atomic E-state index is 0.163. The molecule has 0 aliphatic carbocycles. The number of nitrogens with one attached hydrogen (secondary N) is 2. The van der Waals surface area contributed by atoms with Crippen molar-refractivity contribution in [1.82, 2.24) is 15.6 Å². The Morgan fingerprint density at radius 3 is 2.28 bits per heavy atom. The lowest BCUT2D eigenvalue weighted by atomic mass is 10.1. The predicted molar refractivity (Wildman–Crippen MR) is 149 cm³/mol. The average Bonchev–Trinajstić information content (AvgIpc) is 3.43. The molecule has 0 radical (unpaired) electrons. The number of ether oxygens (including phenoxy) is 4. The van der Waals surface area contributed by atoms with Crippen LogP contribution in [0.1, 0.15) is 68.4 Å². The number of carbonyl (C=O) groups is 2. The van der Waals surface area contributed by atoms with Crippen molar-refractivity contribution in [3.8, 4) is 34.3 Å². The molecule has 0 bridgehead atoms. The summed E-state index contributed by atoms with van der Waals surface area (Å²) in [6, 6.07) is 12.5. The second-order valence-corrected chi connectivity index (χ2v) is 8.85. The van der Waals surface area contributed by atoms with Gasteiger partial charge >= 0.3 is 5.97 Å². The standard InChI is InChI=1S/C29H36N4O6/c1-5-6-7-8-9-10-15-38-23-13-11-22(12-14-23)24-18-25(32-31-24)29(35)33-30-19-21-16-26(36-3)28(39-20(2)34)27(17-21)37-4/h11-14,16-19H,5-10,15H2,1-4H3,(H,31,32)(H,33,35). The van der Waals surface area contributed by atoms with E-state index in [-0.39, 0.29) is 22.9 Å². The molecule has 10 heteroatoms. The van der Waals surface area contributed by atoms with E-state index in [1.54, 1.807) is 18.2 Å². The highest BCUT2D eigenvalue weighted by Gasteiger charge is 2.16. The van der Waals surface area contributed by atoms with Crippen molar-refractivity contribution in [3.63, 3.8) is 0 Å². The van der Waals surface area contributed by atoms with E-state index < -0.39 is 11.9 Å². The first-order valence-corrected chi connectivity index (χ1v) is 13.0. The van der Waals surface area contributed by atoms with Gasteiger partial charge in [0, 0.05) is 18.1 Å². The molecule has 2 aromatic carbocycles. The first-order valence-electron chi connectivity index (χ1n) is 13.0. The fourth-order valence-corrected chi connectivity index (χ4v) is 3.82. The van der Waals surface area contributed by atoms with Crippen LogP contribution in [0.2, 0.25) is 0 Å². The van der Waals surface area contributed by atoms with Crippen LogP contribution in [0.3, 0.4) is 0 Å². The normalized spacial score (nSPS) is 10.9. The molecule has 3 aromatic rings. The molecule has 0 saturated heterocycles. The average molecular weight is 537 g/mol. The number of carbonyl (C=O) groups excluding carboxylic acids is 2. The topological polar surface area (TPSA) is 124 Å². The van der Waals surface area contributed by atoms with Gasteiger partial charge in [0.05, 0.1) is 32.7 Å². The lowest BCUT2D eigenvalue weighted by Crippen LogP contribution is -2.18. The van der Waals surface area contributed by atoms with Crippen LogP contribution in [0.4, 0.5) is 0 Å². The van der Waals surface area contributed by atoms with Gasteiger partial charge in [-0.2, -0.15) is 10.2 Å². The monoisotopic (exact) mass is 536 g/mol. The molecule has 2 N–H and O–H groups in total. The maximum atomic E-state index is 12.6. The van der Waals surface area contributed by atoms with Crippen LogP contribution in [-0.2, 0) is 4.79 Å². The Morgan fingerprint density at radius 2 is 1.64 bits per heavy atom. The van der Waals surface area contributed by atoms with Crippen LogP contribution in [0.25, 0.3) is 11.3 Å². The number of methoxy groups -OCH3 is 2. The number of hydrogen-bond acceptors (Lipinski definition) is 8. The number of H-pyrrole nitrogens is 1. The molecule has 1 amide bonds. The third-order valence-corrected chi connectivity index (χ3v) is 5.85. The molecular formula is C29H36N4O6. The van der Waals surface area contributed by atoms with E-state index in [4.69, 9.17) is 18.9 Å². The van der Waals surface area contributed by atoms with E-state index in [9.17, 15) is 9.59 Å². The Kier molecular flexibility index (Phi) is 11.4. The number of aromatic amines is 1.